The van der Waals surface area contributed by atoms with Gasteiger partial charge >= 0.3 is 0 Å². The molecular formula is C26H46N4O4. The van der Waals surface area contributed by atoms with Crippen LogP contribution in [0.3, 0.4) is 0 Å². The fourth-order valence-corrected chi connectivity index (χ4v) is 3.48. The summed E-state index contributed by atoms with van der Waals surface area (Å²) in [5.74, 6) is 0.0294. The van der Waals surface area contributed by atoms with E-state index in [0.29, 0.717) is 64.7 Å². The van der Waals surface area contributed by atoms with E-state index in [9.17, 15) is 9.59 Å². The Hall–Kier alpha value is -2.00. The second-order valence-electron chi connectivity index (χ2n) is 9.62. The van der Waals surface area contributed by atoms with Crippen LogP contribution in [0.25, 0.3) is 0 Å². The predicted molar refractivity (Wildman–Crippen MR) is 136 cm³/mol. The molecule has 0 spiro atoms. The van der Waals surface area contributed by atoms with Crippen molar-refractivity contribution in [2.75, 3.05) is 26.3 Å². The molecule has 2 atom stereocenters. The van der Waals surface area contributed by atoms with Gasteiger partial charge in [0.25, 0.3) is 0 Å². The van der Waals surface area contributed by atoms with E-state index in [-0.39, 0.29) is 36.6 Å². The highest BCUT2D eigenvalue weighted by Gasteiger charge is 2.21. The summed E-state index contributed by atoms with van der Waals surface area (Å²) in [6.07, 6.45) is 3.78. The monoisotopic (exact) mass is 478 g/mol. The minimum atomic E-state index is -0.327. The molecule has 0 heterocycles. The molecule has 0 fully saturated rings. The molecule has 1 aromatic rings. The summed E-state index contributed by atoms with van der Waals surface area (Å²) in [6, 6.07) is 7.97. The molecule has 0 aliphatic carbocycles. The first-order valence-electron chi connectivity index (χ1n) is 12.5. The maximum Gasteiger partial charge on any atom is 0.222 e. The zero-order valence-corrected chi connectivity index (χ0v) is 21.3. The molecule has 0 saturated heterocycles. The molecule has 0 aliphatic heterocycles. The van der Waals surface area contributed by atoms with Gasteiger partial charge in [-0.1, -0.05) is 31.2 Å². The zero-order chi connectivity index (χ0) is 25.6. The largest absolute Gasteiger partial charge is 0.396 e. The summed E-state index contributed by atoms with van der Waals surface area (Å²) in [5, 5.41) is 18.2. The highest BCUT2D eigenvalue weighted by molar-refractivity contribution is 5.76. The number of hydrogen-bond acceptors (Lipinski definition) is 6. The average Bonchev–Trinajstić information content (AvgIpc) is 2.81. The molecule has 0 aromatic heterocycles. The molecule has 1 rings (SSSR count). The van der Waals surface area contributed by atoms with Crippen molar-refractivity contribution in [3.8, 4) is 0 Å². The fraction of sp³-hybridized carbons (Fsp3) is 0.692. The number of carbonyl (C=O) groups excluding carboxylic acids is 2. The minimum Gasteiger partial charge on any atom is -0.396 e. The van der Waals surface area contributed by atoms with Crippen LogP contribution in [0.4, 0.5) is 0 Å². The molecular weight excluding hydrogens is 432 g/mol. The third kappa shape index (κ3) is 11.9. The van der Waals surface area contributed by atoms with Crippen LogP contribution < -0.4 is 11.5 Å². The third-order valence-electron chi connectivity index (χ3n) is 6.19. The highest BCUT2D eigenvalue weighted by atomic mass is 16.3. The lowest BCUT2D eigenvalue weighted by Crippen LogP contribution is -2.41. The molecule has 8 nitrogen and oxygen atoms in total. The second kappa shape index (κ2) is 15.8. The van der Waals surface area contributed by atoms with Crippen LogP contribution in [-0.4, -0.2) is 69.7 Å². The van der Waals surface area contributed by atoms with E-state index in [2.05, 4.69) is 0 Å². The van der Waals surface area contributed by atoms with E-state index in [1.54, 1.807) is 4.90 Å². The van der Waals surface area contributed by atoms with Crippen molar-refractivity contribution in [1.82, 2.24) is 9.80 Å². The van der Waals surface area contributed by atoms with Gasteiger partial charge in [-0.2, -0.15) is 0 Å². The van der Waals surface area contributed by atoms with Crippen molar-refractivity contribution in [2.45, 2.75) is 90.4 Å². The Labute approximate surface area is 205 Å². The summed E-state index contributed by atoms with van der Waals surface area (Å²) in [7, 11) is 0. The van der Waals surface area contributed by atoms with Crippen LogP contribution in [0.15, 0.2) is 24.3 Å². The van der Waals surface area contributed by atoms with Crippen molar-refractivity contribution in [1.29, 1.82) is 0 Å². The average molecular weight is 479 g/mol. The molecule has 0 bridgehead atoms. The van der Waals surface area contributed by atoms with Gasteiger partial charge < -0.3 is 31.5 Å². The predicted octanol–water partition coefficient (Wildman–Crippen LogP) is 2.14. The summed E-state index contributed by atoms with van der Waals surface area (Å²) in [5.41, 5.74) is 13.9. The van der Waals surface area contributed by atoms with Crippen LogP contribution in [0.1, 0.15) is 76.8 Å². The van der Waals surface area contributed by atoms with Gasteiger partial charge in [-0.25, -0.2) is 0 Å². The summed E-state index contributed by atoms with van der Waals surface area (Å²) in [6.45, 7) is 8.06. The lowest BCUT2D eigenvalue weighted by molar-refractivity contribution is -0.133. The van der Waals surface area contributed by atoms with Gasteiger partial charge in [0.1, 0.15) is 0 Å². The number of amides is 2. The Morgan fingerprint density at radius 1 is 0.941 bits per heavy atom. The van der Waals surface area contributed by atoms with Gasteiger partial charge in [-0.3, -0.25) is 9.59 Å². The van der Waals surface area contributed by atoms with Gasteiger partial charge in [-0.05, 0) is 57.1 Å². The molecule has 34 heavy (non-hydrogen) atoms. The quantitative estimate of drug-likeness (QED) is 0.271. The molecule has 6 N–H and O–H groups in total. The van der Waals surface area contributed by atoms with Gasteiger partial charge in [0.15, 0.2) is 0 Å². The first kappa shape index (κ1) is 30.0. The Bertz CT molecular complexity index is 722. The number of aliphatic hydroxyl groups excluding tert-OH is 2. The smallest absolute Gasteiger partial charge is 0.222 e. The first-order valence-corrected chi connectivity index (χ1v) is 12.5. The molecule has 2 unspecified atom stereocenters. The van der Waals surface area contributed by atoms with Crippen molar-refractivity contribution in [3.05, 3.63) is 35.4 Å². The SMILES string of the molecule is CCC(C)(N)CCN(Cc1ccc(CN(CCC(C)N)C(=O)CCCO)cc1)C(=O)CCCO. The van der Waals surface area contributed by atoms with E-state index >= 15 is 0 Å². The number of nitrogens with two attached hydrogens (primary N) is 2. The Morgan fingerprint density at radius 3 is 1.76 bits per heavy atom. The number of carbonyl (C=O) groups is 2. The van der Waals surface area contributed by atoms with Crippen LogP contribution in [0, 0.1) is 0 Å². The fourth-order valence-electron chi connectivity index (χ4n) is 3.48. The molecule has 0 aliphatic rings. The Kier molecular flexibility index (Phi) is 14.0. The first-order chi connectivity index (χ1) is 16.1. The summed E-state index contributed by atoms with van der Waals surface area (Å²) >= 11 is 0. The number of nitrogens with zero attached hydrogens (tertiary/aromatic N) is 2. The number of aliphatic hydroxyl groups is 2. The number of hydrogen-bond donors (Lipinski definition) is 4. The lowest BCUT2D eigenvalue weighted by Gasteiger charge is -2.29. The molecule has 194 valence electrons. The number of benzene rings is 1. The lowest BCUT2D eigenvalue weighted by atomic mass is 9.95. The van der Waals surface area contributed by atoms with Gasteiger partial charge in [-0.15, -0.1) is 0 Å². The van der Waals surface area contributed by atoms with Crippen molar-refractivity contribution >= 4 is 11.8 Å². The minimum absolute atomic E-state index is 0.00332. The van der Waals surface area contributed by atoms with Crippen LogP contribution >= 0.6 is 0 Å². The summed E-state index contributed by atoms with van der Waals surface area (Å²) in [4.78, 5) is 28.9. The standard InChI is InChI=1S/C26H46N4O4/c1-4-26(3,28)14-16-30(25(34)8-6-18-32)20-23-11-9-22(10-12-23)19-29(15-13-21(2)27)24(33)7-5-17-31/h9-12,21,31-32H,4-8,13-20,27-28H2,1-3H3. The maximum absolute atomic E-state index is 12.7. The van der Waals surface area contributed by atoms with E-state index in [4.69, 9.17) is 21.7 Å². The molecule has 8 heteroatoms. The van der Waals surface area contributed by atoms with Crippen molar-refractivity contribution < 1.29 is 19.8 Å². The van der Waals surface area contributed by atoms with Crippen molar-refractivity contribution in [3.63, 3.8) is 0 Å². The molecule has 0 radical (unpaired) electrons. The normalized spacial score (nSPS) is 13.9. The van der Waals surface area contributed by atoms with Gasteiger partial charge in [0, 0.05) is 63.8 Å². The highest BCUT2D eigenvalue weighted by Crippen LogP contribution is 2.16. The molecule has 0 saturated carbocycles. The molecule has 2 amide bonds. The van der Waals surface area contributed by atoms with Gasteiger partial charge in [0.05, 0.1) is 0 Å². The maximum atomic E-state index is 12.7. The Morgan fingerprint density at radius 2 is 1.38 bits per heavy atom. The molecule has 1 aromatic carbocycles. The Balaban J connectivity index is 2.86. The topological polar surface area (TPSA) is 133 Å². The summed E-state index contributed by atoms with van der Waals surface area (Å²) < 4.78 is 0. The van der Waals surface area contributed by atoms with E-state index < -0.39 is 0 Å². The van der Waals surface area contributed by atoms with E-state index in [1.165, 1.54) is 0 Å². The van der Waals surface area contributed by atoms with Crippen LogP contribution in [-0.2, 0) is 22.7 Å². The van der Waals surface area contributed by atoms with Crippen LogP contribution in [0.2, 0.25) is 0 Å². The van der Waals surface area contributed by atoms with E-state index in [1.807, 2.05) is 49.9 Å². The number of rotatable bonds is 17. The third-order valence-corrected chi connectivity index (χ3v) is 6.19. The zero-order valence-electron chi connectivity index (χ0n) is 21.3. The van der Waals surface area contributed by atoms with Gasteiger partial charge in [0.2, 0.25) is 11.8 Å². The van der Waals surface area contributed by atoms with E-state index in [0.717, 1.165) is 17.5 Å². The van der Waals surface area contributed by atoms with Crippen molar-refractivity contribution in [2.24, 2.45) is 11.5 Å². The second-order valence-corrected chi connectivity index (χ2v) is 9.62. The van der Waals surface area contributed by atoms with Crippen LogP contribution in [0.5, 0.6) is 0 Å².